The molecule has 1 aliphatic carbocycles. The molecule has 2 aromatic heterocycles. The Hall–Kier alpha value is -1.77. The summed E-state index contributed by atoms with van der Waals surface area (Å²) in [6, 6.07) is 0. The Morgan fingerprint density at radius 1 is 1.17 bits per heavy atom. The highest BCUT2D eigenvalue weighted by Gasteiger charge is 2.26. The number of carbonyl (C=O) groups is 1. The van der Waals surface area contributed by atoms with E-state index in [1.54, 1.807) is 0 Å². The van der Waals surface area contributed by atoms with Gasteiger partial charge in [-0.15, -0.1) is 11.3 Å². The number of ether oxygens (including phenoxy) is 1. The molecule has 0 radical (unpaired) electrons. The van der Waals surface area contributed by atoms with Crippen LogP contribution in [0.5, 0.6) is 0 Å². The van der Waals surface area contributed by atoms with Crippen LogP contribution in [0.2, 0.25) is 0 Å². The molecule has 158 valence electrons. The first kappa shape index (κ1) is 20.5. The predicted octanol–water partition coefficient (Wildman–Crippen LogP) is 0.900. The van der Waals surface area contributed by atoms with E-state index in [-0.39, 0.29) is 5.91 Å². The molecular weight excluding hydrogens is 386 g/mol. The number of quaternary nitrogens is 1. The average Bonchev–Trinajstić information content (AvgIpc) is 3.30. The van der Waals surface area contributed by atoms with E-state index in [0.29, 0.717) is 6.54 Å². The number of carbonyl (C=O) groups excluding carboxylic acids is 1. The maximum absolute atomic E-state index is 12.7. The number of hydrogen-bond acceptors (Lipinski definition) is 6. The lowest BCUT2D eigenvalue weighted by Crippen LogP contribution is -3.12. The molecule has 8 heteroatoms. The van der Waals surface area contributed by atoms with Gasteiger partial charge in [-0.2, -0.15) is 0 Å². The lowest BCUT2D eigenvalue weighted by Gasteiger charge is -2.26. The molecule has 1 N–H and O–H groups in total. The van der Waals surface area contributed by atoms with E-state index in [4.69, 9.17) is 14.7 Å². The topological polar surface area (TPSA) is 63.0 Å². The van der Waals surface area contributed by atoms with E-state index in [1.807, 2.05) is 42.0 Å². The third-order valence-corrected chi connectivity index (χ3v) is 7.24. The molecule has 3 heterocycles. The summed E-state index contributed by atoms with van der Waals surface area (Å²) in [6.45, 7) is 10.3. The molecule has 0 unspecified atom stereocenters. The number of thiophene rings is 1. The maximum Gasteiger partial charge on any atom is 0.242 e. The van der Waals surface area contributed by atoms with Crippen molar-refractivity contribution in [2.75, 3.05) is 57.9 Å². The second-order valence-corrected chi connectivity index (χ2v) is 9.05. The zero-order valence-electron chi connectivity index (χ0n) is 17.8. The summed E-state index contributed by atoms with van der Waals surface area (Å²) < 4.78 is 5.49. The van der Waals surface area contributed by atoms with Crippen LogP contribution < -0.4 is 9.80 Å². The highest BCUT2D eigenvalue weighted by atomic mass is 32.1. The van der Waals surface area contributed by atoms with E-state index >= 15 is 0 Å². The lowest BCUT2D eigenvalue weighted by atomic mass is 10.2. The Balaban J connectivity index is 1.66. The molecule has 2 aromatic rings. The van der Waals surface area contributed by atoms with Gasteiger partial charge in [-0.1, -0.05) is 0 Å². The SMILES string of the molecule is CCN(CC)C(=O)CN(C)c1nc(C[NH+]2CCOCC2)nc2sc3c(c12)CCC3. The molecule has 29 heavy (non-hydrogen) atoms. The van der Waals surface area contributed by atoms with Gasteiger partial charge in [-0.25, -0.2) is 9.97 Å². The van der Waals surface area contributed by atoms with Crippen molar-refractivity contribution in [1.29, 1.82) is 0 Å². The molecule has 2 aliphatic rings. The van der Waals surface area contributed by atoms with Crippen LogP contribution >= 0.6 is 11.3 Å². The second-order valence-electron chi connectivity index (χ2n) is 7.96. The molecular formula is C21H32N5O2S+. The predicted molar refractivity (Wildman–Crippen MR) is 116 cm³/mol. The Morgan fingerprint density at radius 2 is 1.93 bits per heavy atom. The summed E-state index contributed by atoms with van der Waals surface area (Å²) in [5.74, 6) is 1.96. The number of nitrogens with one attached hydrogen (secondary N) is 1. The van der Waals surface area contributed by atoms with E-state index in [2.05, 4.69) is 0 Å². The minimum Gasteiger partial charge on any atom is -0.370 e. The number of anilines is 1. The fourth-order valence-corrected chi connectivity index (χ4v) is 5.66. The molecule has 1 amide bonds. The molecule has 1 fully saturated rings. The molecule has 4 rings (SSSR count). The largest absolute Gasteiger partial charge is 0.370 e. The fourth-order valence-electron chi connectivity index (χ4n) is 4.39. The Kier molecular flexibility index (Phi) is 6.32. The van der Waals surface area contributed by atoms with Crippen molar-refractivity contribution in [2.24, 2.45) is 0 Å². The van der Waals surface area contributed by atoms with Gasteiger partial charge in [0.25, 0.3) is 0 Å². The van der Waals surface area contributed by atoms with Crippen molar-refractivity contribution in [3.8, 4) is 0 Å². The van der Waals surface area contributed by atoms with Gasteiger partial charge >= 0.3 is 0 Å². The van der Waals surface area contributed by atoms with E-state index in [1.165, 1.54) is 27.1 Å². The monoisotopic (exact) mass is 418 g/mol. The first-order chi connectivity index (χ1) is 14.1. The zero-order valence-corrected chi connectivity index (χ0v) is 18.6. The van der Waals surface area contributed by atoms with Gasteiger partial charge in [-0.3, -0.25) is 4.79 Å². The standard InChI is InChI=1S/C21H31N5O2S/c1-4-26(5-2)18(27)14-24(3)20-19-15-7-6-8-16(15)29-21(19)23-17(22-20)13-25-9-11-28-12-10-25/h4-14H2,1-3H3/p+1. The van der Waals surface area contributed by atoms with Crippen LogP contribution in [-0.4, -0.2) is 73.8 Å². The molecule has 0 bridgehead atoms. The van der Waals surface area contributed by atoms with Crippen molar-refractivity contribution in [2.45, 2.75) is 39.7 Å². The highest BCUT2D eigenvalue weighted by Crippen LogP contribution is 2.40. The smallest absolute Gasteiger partial charge is 0.242 e. The first-order valence-corrected chi connectivity index (χ1v) is 11.6. The molecule has 1 aliphatic heterocycles. The molecule has 0 saturated carbocycles. The van der Waals surface area contributed by atoms with Crippen LogP contribution in [0.4, 0.5) is 5.82 Å². The van der Waals surface area contributed by atoms with Gasteiger partial charge in [-0.05, 0) is 38.7 Å². The summed E-state index contributed by atoms with van der Waals surface area (Å²) in [4.78, 5) is 30.6. The molecule has 0 aromatic carbocycles. The number of aromatic nitrogens is 2. The maximum atomic E-state index is 12.7. The van der Waals surface area contributed by atoms with Gasteiger partial charge in [0, 0.05) is 25.0 Å². The summed E-state index contributed by atoms with van der Waals surface area (Å²) in [7, 11) is 1.99. The van der Waals surface area contributed by atoms with Gasteiger partial charge in [0.05, 0.1) is 25.1 Å². The van der Waals surface area contributed by atoms with Gasteiger partial charge in [0.1, 0.15) is 30.3 Å². The molecule has 1 saturated heterocycles. The quantitative estimate of drug-likeness (QED) is 0.724. The summed E-state index contributed by atoms with van der Waals surface area (Å²) in [5.41, 5.74) is 1.41. The number of fused-ring (bicyclic) bond motifs is 3. The van der Waals surface area contributed by atoms with Crippen molar-refractivity contribution < 1.29 is 14.4 Å². The van der Waals surface area contributed by atoms with E-state index in [0.717, 1.165) is 75.3 Å². The number of morpholine rings is 1. The third-order valence-electron chi connectivity index (χ3n) is 6.05. The van der Waals surface area contributed by atoms with Crippen molar-refractivity contribution in [1.82, 2.24) is 14.9 Å². The average molecular weight is 419 g/mol. The third kappa shape index (κ3) is 4.25. The van der Waals surface area contributed by atoms with Gasteiger partial charge in [0.2, 0.25) is 5.91 Å². The van der Waals surface area contributed by atoms with Crippen LogP contribution in [-0.2, 0) is 28.9 Å². The van der Waals surface area contributed by atoms with Gasteiger partial charge in [0.15, 0.2) is 5.82 Å². The summed E-state index contributed by atoms with van der Waals surface area (Å²) >= 11 is 1.82. The van der Waals surface area contributed by atoms with Crippen molar-refractivity contribution >= 4 is 33.3 Å². The minimum atomic E-state index is 0.150. The zero-order chi connectivity index (χ0) is 20.4. The van der Waals surface area contributed by atoms with E-state index in [9.17, 15) is 4.79 Å². The summed E-state index contributed by atoms with van der Waals surface area (Å²) in [5, 5.41) is 1.18. The minimum absolute atomic E-state index is 0.150. The number of nitrogens with zero attached hydrogens (tertiary/aromatic N) is 4. The van der Waals surface area contributed by atoms with Crippen LogP contribution in [0.1, 0.15) is 36.5 Å². The summed E-state index contributed by atoms with van der Waals surface area (Å²) in [6.07, 6.45) is 3.44. The fraction of sp³-hybridized carbons (Fsp3) is 0.667. The Labute approximate surface area is 176 Å². The number of hydrogen-bond donors (Lipinski definition) is 1. The number of amides is 1. The van der Waals surface area contributed by atoms with Crippen molar-refractivity contribution in [3.63, 3.8) is 0 Å². The van der Waals surface area contributed by atoms with Crippen LogP contribution in [0.3, 0.4) is 0 Å². The second kappa shape index (κ2) is 8.93. The van der Waals surface area contributed by atoms with Crippen LogP contribution in [0, 0.1) is 0 Å². The number of likely N-dealkylation sites (N-methyl/N-ethyl adjacent to an activating group) is 2. The lowest BCUT2D eigenvalue weighted by molar-refractivity contribution is -0.922. The number of aryl methyl sites for hydroxylation is 2. The van der Waals surface area contributed by atoms with E-state index < -0.39 is 0 Å². The Morgan fingerprint density at radius 3 is 2.66 bits per heavy atom. The molecule has 7 nitrogen and oxygen atoms in total. The first-order valence-electron chi connectivity index (χ1n) is 10.8. The number of rotatable bonds is 7. The molecule has 0 spiro atoms. The normalized spacial score (nSPS) is 16.9. The molecule has 0 atom stereocenters. The van der Waals surface area contributed by atoms with Crippen molar-refractivity contribution in [3.05, 3.63) is 16.3 Å². The van der Waals surface area contributed by atoms with Gasteiger partial charge < -0.3 is 19.4 Å². The Bertz CT molecular complexity index is 874. The van der Waals surface area contributed by atoms with Crippen LogP contribution in [0.25, 0.3) is 10.2 Å². The van der Waals surface area contributed by atoms with Crippen LogP contribution in [0.15, 0.2) is 0 Å². The highest BCUT2D eigenvalue weighted by molar-refractivity contribution is 7.19.